The van der Waals surface area contributed by atoms with Gasteiger partial charge in [-0.3, -0.25) is 9.20 Å². The van der Waals surface area contributed by atoms with Gasteiger partial charge in [0.1, 0.15) is 12.1 Å². The van der Waals surface area contributed by atoms with Crippen LogP contribution in [0.2, 0.25) is 0 Å². The highest BCUT2D eigenvalue weighted by Crippen LogP contribution is 2.27. The van der Waals surface area contributed by atoms with Crippen LogP contribution in [0.25, 0.3) is 5.65 Å². The SMILES string of the molecule is CCCOc1cccc(C(C)(C)NC(=O)c2ncn3c(COC)c(OC)c(C)nc23)c1. The number of imidazole rings is 1. The number of carbonyl (C=O) groups excluding carboxylic acids is 1. The van der Waals surface area contributed by atoms with Gasteiger partial charge in [-0.2, -0.15) is 0 Å². The fourth-order valence-corrected chi connectivity index (χ4v) is 3.48. The van der Waals surface area contributed by atoms with Crippen LogP contribution in [0, 0.1) is 6.92 Å². The molecule has 1 amide bonds. The monoisotopic (exact) mass is 426 g/mol. The smallest absolute Gasteiger partial charge is 0.274 e. The summed E-state index contributed by atoms with van der Waals surface area (Å²) < 4.78 is 18.3. The van der Waals surface area contributed by atoms with Gasteiger partial charge >= 0.3 is 0 Å². The molecule has 31 heavy (non-hydrogen) atoms. The van der Waals surface area contributed by atoms with Crippen LogP contribution in [0.5, 0.6) is 11.5 Å². The van der Waals surface area contributed by atoms with Crippen molar-refractivity contribution >= 4 is 11.6 Å². The Morgan fingerprint density at radius 1 is 1.26 bits per heavy atom. The number of carbonyl (C=O) groups is 1. The number of benzene rings is 1. The van der Waals surface area contributed by atoms with Gasteiger partial charge in [0, 0.05) is 7.11 Å². The van der Waals surface area contributed by atoms with E-state index in [9.17, 15) is 4.79 Å². The molecule has 0 atom stereocenters. The van der Waals surface area contributed by atoms with Gasteiger partial charge in [-0.15, -0.1) is 0 Å². The molecule has 0 aliphatic rings. The minimum Gasteiger partial charge on any atom is -0.494 e. The minimum absolute atomic E-state index is 0.245. The van der Waals surface area contributed by atoms with Gasteiger partial charge < -0.3 is 19.5 Å². The summed E-state index contributed by atoms with van der Waals surface area (Å²) in [5, 5.41) is 3.08. The van der Waals surface area contributed by atoms with Crippen LogP contribution in [-0.2, 0) is 16.9 Å². The second-order valence-electron chi connectivity index (χ2n) is 7.85. The maximum Gasteiger partial charge on any atom is 0.274 e. The average molecular weight is 427 g/mol. The van der Waals surface area contributed by atoms with Crippen LogP contribution in [0.1, 0.15) is 54.6 Å². The van der Waals surface area contributed by atoms with Crippen molar-refractivity contribution in [2.75, 3.05) is 20.8 Å². The lowest BCUT2D eigenvalue weighted by atomic mass is 9.94. The van der Waals surface area contributed by atoms with Crippen LogP contribution in [0.15, 0.2) is 30.6 Å². The Kier molecular flexibility index (Phi) is 6.80. The number of nitrogens with zero attached hydrogens (tertiary/aromatic N) is 3. The highest BCUT2D eigenvalue weighted by molar-refractivity contribution is 5.98. The standard InChI is InChI=1S/C23H30N4O4/c1-7-11-31-17-10-8-9-16(12-17)23(3,4)26-22(28)19-21-25-15(2)20(30-6)18(13-29-5)27(21)14-24-19/h8-10,12,14H,7,11,13H2,1-6H3,(H,26,28). The number of fused-ring (bicyclic) bond motifs is 1. The topological polar surface area (TPSA) is 87.0 Å². The van der Waals surface area contributed by atoms with E-state index in [0.29, 0.717) is 30.3 Å². The van der Waals surface area contributed by atoms with Gasteiger partial charge in [0.05, 0.1) is 37.3 Å². The van der Waals surface area contributed by atoms with Gasteiger partial charge in [-0.25, -0.2) is 9.97 Å². The normalized spacial score (nSPS) is 11.5. The largest absolute Gasteiger partial charge is 0.494 e. The fourth-order valence-electron chi connectivity index (χ4n) is 3.48. The van der Waals surface area contributed by atoms with Crippen molar-refractivity contribution in [1.29, 1.82) is 0 Å². The molecule has 1 aromatic carbocycles. The summed E-state index contributed by atoms with van der Waals surface area (Å²) in [6.45, 7) is 8.73. The van der Waals surface area contributed by atoms with Crippen LogP contribution >= 0.6 is 0 Å². The lowest BCUT2D eigenvalue weighted by Gasteiger charge is -2.27. The Morgan fingerprint density at radius 2 is 2.03 bits per heavy atom. The molecule has 0 saturated carbocycles. The molecule has 1 N–H and O–H groups in total. The molecule has 3 aromatic rings. The van der Waals surface area contributed by atoms with Gasteiger partial charge in [-0.05, 0) is 44.9 Å². The number of methoxy groups -OCH3 is 2. The predicted molar refractivity (Wildman–Crippen MR) is 118 cm³/mol. The first kappa shape index (κ1) is 22.6. The molecule has 2 aromatic heterocycles. The number of aromatic nitrogens is 3. The van der Waals surface area contributed by atoms with Crippen molar-refractivity contribution in [1.82, 2.24) is 19.7 Å². The molecule has 0 unspecified atom stereocenters. The van der Waals surface area contributed by atoms with Gasteiger partial charge in [0.15, 0.2) is 17.1 Å². The second-order valence-corrected chi connectivity index (χ2v) is 7.85. The van der Waals surface area contributed by atoms with E-state index in [1.165, 1.54) is 0 Å². The van der Waals surface area contributed by atoms with Crippen LogP contribution in [0.4, 0.5) is 0 Å². The predicted octanol–water partition coefficient (Wildman–Crippen LogP) is 3.65. The van der Waals surface area contributed by atoms with Crippen molar-refractivity contribution in [2.24, 2.45) is 0 Å². The Morgan fingerprint density at radius 3 is 2.71 bits per heavy atom. The average Bonchev–Trinajstić information content (AvgIpc) is 3.16. The number of ether oxygens (including phenoxy) is 3. The van der Waals surface area contributed by atoms with Gasteiger partial charge in [-0.1, -0.05) is 19.1 Å². The zero-order chi connectivity index (χ0) is 22.6. The first-order valence-corrected chi connectivity index (χ1v) is 10.3. The summed E-state index contributed by atoms with van der Waals surface area (Å²) in [7, 11) is 3.19. The molecule has 0 bridgehead atoms. The van der Waals surface area contributed by atoms with Crippen LogP contribution in [-0.4, -0.2) is 41.1 Å². The summed E-state index contributed by atoms with van der Waals surface area (Å²) in [6, 6.07) is 7.76. The Labute approximate surface area is 182 Å². The number of hydrogen-bond donors (Lipinski definition) is 1. The molecular weight excluding hydrogens is 396 g/mol. The first-order valence-electron chi connectivity index (χ1n) is 10.3. The lowest BCUT2D eigenvalue weighted by molar-refractivity contribution is 0.0908. The third-order valence-electron chi connectivity index (χ3n) is 5.05. The van der Waals surface area contributed by atoms with E-state index in [-0.39, 0.29) is 11.6 Å². The summed E-state index contributed by atoms with van der Waals surface area (Å²) in [5.41, 5.74) is 2.41. The molecule has 3 rings (SSSR count). The first-order chi connectivity index (χ1) is 14.8. The van der Waals surface area contributed by atoms with E-state index in [2.05, 4.69) is 22.2 Å². The van der Waals surface area contributed by atoms with Crippen molar-refractivity contribution in [3.05, 3.63) is 53.2 Å². The molecule has 8 nitrogen and oxygen atoms in total. The summed E-state index contributed by atoms with van der Waals surface area (Å²) >= 11 is 0. The maximum absolute atomic E-state index is 13.2. The summed E-state index contributed by atoms with van der Waals surface area (Å²) in [4.78, 5) is 22.1. The van der Waals surface area contributed by atoms with E-state index in [0.717, 1.165) is 23.4 Å². The Hall–Kier alpha value is -3.13. The fraction of sp³-hybridized carbons (Fsp3) is 0.435. The molecule has 0 radical (unpaired) electrons. The summed E-state index contributed by atoms with van der Waals surface area (Å²) in [5.74, 6) is 1.08. The van der Waals surface area contributed by atoms with Crippen molar-refractivity contribution in [2.45, 2.75) is 46.3 Å². The number of nitrogens with one attached hydrogen (secondary N) is 1. The van der Waals surface area contributed by atoms with Crippen LogP contribution < -0.4 is 14.8 Å². The molecule has 0 saturated heterocycles. The van der Waals surface area contributed by atoms with E-state index >= 15 is 0 Å². The molecule has 2 heterocycles. The molecule has 166 valence electrons. The van der Waals surface area contributed by atoms with Crippen molar-refractivity contribution < 1.29 is 19.0 Å². The lowest BCUT2D eigenvalue weighted by Crippen LogP contribution is -2.41. The maximum atomic E-state index is 13.2. The van der Waals surface area contributed by atoms with E-state index < -0.39 is 5.54 Å². The van der Waals surface area contributed by atoms with E-state index in [1.807, 2.05) is 45.0 Å². The third kappa shape index (κ3) is 4.64. The van der Waals surface area contributed by atoms with Crippen LogP contribution in [0.3, 0.4) is 0 Å². The number of rotatable bonds is 9. The molecule has 0 fully saturated rings. The quantitative estimate of drug-likeness (QED) is 0.562. The van der Waals surface area contributed by atoms with Crippen molar-refractivity contribution in [3.8, 4) is 11.5 Å². The zero-order valence-corrected chi connectivity index (χ0v) is 19.0. The number of amides is 1. The highest BCUT2D eigenvalue weighted by Gasteiger charge is 2.27. The second kappa shape index (κ2) is 9.34. The number of hydrogen-bond acceptors (Lipinski definition) is 6. The third-order valence-corrected chi connectivity index (χ3v) is 5.05. The highest BCUT2D eigenvalue weighted by atomic mass is 16.5. The Balaban J connectivity index is 1.93. The zero-order valence-electron chi connectivity index (χ0n) is 19.0. The van der Waals surface area contributed by atoms with Gasteiger partial charge in [0.25, 0.3) is 5.91 Å². The van der Waals surface area contributed by atoms with E-state index in [1.54, 1.807) is 24.9 Å². The molecule has 8 heteroatoms. The molecular formula is C23H30N4O4. The molecule has 0 aliphatic heterocycles. The van der Waals surface area contributed by atoms with Gasteiger partial charge in [0.2, 0.25) is 0 Å². The van der Waals surface area contributed by atoms with E-state index in [4.69, 9.17) is 14.2 Å². The minimum atomic E-state index is -0.643. The number of aryl methyl sites for hydroxylation is 1. The molecule has 0 aliphatic carbocycles. The summed E-state index contributed by atoms with van der Waals surface area (Å²) in [6.07, 6.45) is 2.50. The van der Waals surface area contributed by atoms with Crippen molar-refractivity contribution in [3.63, 3.8) is 0 Å². The Bertz CT molecular complexity index is 1070. The molecule has 0 spiro atoms.